The largest absolute Gasteiger partial charge is 0.497 e. The number of benzene rings is 1. The first-order valence-corrected chi connectivity index (χ1v) is 5.36. The van der Waals surface area contributed by atoms with Crippen LogP contribution in [0.25, 0.3) is 11.3 Å². The van der Waals surface area contributed by atoms with Crippen molar-refractivity contribution in [3.05, 3.63) is 34.4 Å². The molecule has 0 aliphatic carbocycles. The Bertz CT molecular complexity index is 462. The second-order valence-electron chi connectivity index (χ2n) is 3.24. The molecule has 0 fully saturated rings. The van der Waals surface area contributed by atoms with E-state index >= 15 is 0 Å². The molecule has 0 atom stereocenters. The highest BCUT2D eigenvalue weighted by Crippen LogP contribution is 2.29. The van der Waals surface area contributed by atoms with E-state index in [1.807, 2.05) is 31.2 Å². The molecule has 0 saturated heterocycles. The summed E-state index contributed by atoms with van der Waals surface area (Å²) >= 11 is 3.50. The minimum Gasteiger partial charge on any atom is -0.497 e. The molecule has 0 amide bonds. The maximum Gasteiger partial charge on any atom is 0.118 e. The average molecular weight is 267 g/mol. The molecule has 0 radical (unpaired) electrons. The summed E-state index contributed by atoms with van der Waals surface area (Å²) < 4.78 is 6.11. The van der Waals surface area contributed by atoms with Gasteiger partial charge in [-0.2, -0.15) is 5.10 Å². The van der Waals surface area contributed by atoms with Gasteiger partial charge in [0.15, 0.2) is 0 Å². The number of hydrogen-bond donors (Lipinski definition) is 1. The molecule has 1 aromatic carbocycles. The molecule has 0 unspecified atom stereocenters. The van der Waals surface area contributed by atoms with Crippen molar-refractivity contribution in [2.45, 2.75) is 6.92 Å². The first-order chi connectivity index (χ1) is 7.22. The number of hydrogen-bond acceptors (Lipinski definition) is 2. The molecular weight excluding hydrogens is 256 g/mol. The van der Waals surface area contributed by atoms with E-state index in [2.05, 4.69) is 26.1 Å². The fourth-order valence-corrected chi connectivity index (χ4v) is 1.76. The molecule has 1 N–H and O–H groups in total. The Morgan fingerprint density at radius 1 is 1.27 bits per heavy atom. The van der Waals surface area contributed by atoms with E-state index in [0.29, 0.717) is 0 Å². The molecule has 3 nitrogen and oxygen atoms in total. The van der Waals surface area contributed by atoms with Crippen molar-refractivity contribution in [3.63, 3.8) is 0 Å². The molecule has 1 heterocycles. The number of aromatic nitrogens is 2. The molecule has 0 spiro atoms. The Labute approximate surface area is 96.6 Å². The number of nitrogens with zero attached hydrogens (tertiary/aromatic N) is 1. The Morgan fingerprint density at radius 3 is 2.40 bits per heavy atom. The van der Waals surface area contributed by atoms with Crippen LogP contribution in [0.4, 0.5) is 0 Å². The van der Waals surface area contributed by atoms with Crippen molar-refractivity contribution in [1.29, 1.82) is 0 Å². The van der Waals surface area contributed by atoms with Crippen molar-refractivity contribution in [2.75, 3.05) is 7.11 Å². The first kappa shape index (κ1) is 10.2. The van der Waals surface area contributed by atoms with E-state index in [4.69, 9.17) is 4.74 Å². The first-order valence-electron chi connectivity index (χ1n) is 4.57. The molecule has 1 aromatic heterocycles. The van der Waals surface area contributed by atoms with Gasteiger partial charge in [-0.3, -0.25) is 5.10 Å². The predicted molar refractivity (Wildman–Crippen MR) is 63.0 cm³/mol. The van der Waals surface area contributed by atoms with Crippen molar-refractivity contribution in [2.24, 2.45) is 0 Å². The van der Waals surface area contributed by atoms with Gasteiger partial charge < -0.3 is 4.74 Å². The molecule has 2 aromatic rings. The van der Waals surface area contributed by atoms with Gasteiger partial charge in [0, 0.05) is 11.3 Å². The number of rotatable bonds is 2. The van der Waals surface area contributed by atoms with E-state index in [1.54, 1.807) is 7.11 Å². The van der Waals surface area contributed by atoms with Crippen LogP contribution in [0.15, 0.2) is 28.7 Å². The topological polar surface area (TPSA) is 37.9 Å². The van der Waals surface area contributed by atoms with Gasteiger partial charge in [0.25, 0.3) is 0 Å². The lowest BCUT2D eigenvalue weighted by Crippen LogP contribution is -1.83. The Hall–Kier alpha value is -1.29. The highest BCUT2D eigenvalue weighted by Gasteiger charge is 2.08. The van der Waals surface area contributed by atoms with E-state index in [9.17, 15) is 0 Å². The van der Waals surface area contributed by atoms with Crippen LogP contribution in [0, 0.1) is 6.92 Å². The molecule has 15 heavy (non-hydrogen) atoms. The lowest BCUT2D eigenvalue weighted by Gasteiger charge is -2.01. The number of ether oxygens (including phenoxy) is 1. The van der Waals surface area contributed by atoms with Crippen molar-refractivity contribution < 1.29 is 4.74 Å². The maximum atomic E-state index is 5.10. The Morgan fingerprint density at radius 2 is 1.93 bits per heavy atom. The summed E-state index contributed by atoms with van der Waals surface area (Å²) in [5.41, 5.74) is 3.02. The molecular formula is C11H11BrN2O. The number of aromatic amines is 1. The summed E-state index contributed by atoms with van der Waals surface area (Å²) in [7, 11) is 1.66. The monoisotopic (exact) mass is 266 g/mol. The number of methoxy groups -OCH3 is 1. The second-order valence-corrected chi connectivity index (χ2v) is 4.03. The van der Waals surface area contributed by atoms with Crippen molar-refractivity contribution in [1.82, 2.24) is 10.2 Å². The highest BCUT2D eigenvalue weighted by molar-refractivity contribution is 9.10. The zero-order valence-corrected chi connectivity index (χ0v) is 10.1. The number of halogens is 1. The van der Waals surface area contributed by atoms with Crippen LogP contribution in [0.3, 0.4) is 0 Å². The van der Waals surface area contributed by atoms with E-state index in [-0.39, 0.29) is 0 Å². The average Bonchev–Trinajstić information content (AvgIpc) is 2.60. The van der Waals surface area contributed by atoms with Gasteiger partial charge in [0.05, 0.1) is 11.6 Å². The molecule has 78 valence electrons. The van der Waals surface area contributed by atoms with Crippen LogP contribution in [-0.4, -0.2) is 17.3 Å². The van der Waals surface area contributed by atoms with Crippen LogP contribution in [0.2, 0.25) is 0 Å². The normalized spacial score (nSPS) is 10.3. The number of aryl methyl sites for hydroxylation is 1. The van der Waals surface area contributed by atoms with Gasteiger partial charge >= 0.3 is 0 Å². The third kappa shape index (κ3) is 1.90. The van der Waals surface area contributed by atoms with E-state index in [1.165, 1.54) is 0 Å². The minimum atomic E-state index is 0.849. The van der Waals surface area contributed by atoms with E-state index < -0.39 is 0 Å². The van der Waals surface area contributed by atoms with Crippen LogP contribution >= 0.6 is 15.9 Å². The fourth-order valence-electron chi connectivity index (χ4n) is 1.36. The summed E-state index contributed by atoms with van der Waals surface area (Å²) in [6.45, 7) is 1.98. The molecule has 0 aliphatic heterocycles. The van der Waals surface area contributed by atoms with Crippen molar-refractivity contribution in [3.8, 4) is 17.0 Å². The van der Waals surface area contributed by atoms with Crippen molar-refractivity contribution >= 4 is 15.9 Å². The Kier molecular flexibility index (Phi) is 2.77. The summed E-state index contributed by atoms with van der Waals surface area (Å²) in [4.78, 5) is 0. The molecule has 2 rings (SSSR count). The van der Waals surface area contributed by atoms with E-state index in [0.717, 1.165) is 27.2 Å². The standard InChI is InChI=1S/C11H11BrN2O/c1-7-10(12)11(14-13-7)8-3-5-9(15-2)6-4-8/h3-6H,1-2H3,(H,13,14). The SMILES string of the molecule is COc1ccc(-c2n[nH]c(C)c2Br)cc1. The maximum absolute atomic E-state index is 5.10. The number of nitrogens with one attached hydrogen (secondary N) is 1. The zero-order valence-electron chi connectivity index (χ0n) is 8.54. The molecule has 0 aliphatic rings. The van der Waals surface area contributed by atoms with Crippen LogP contribution in [-0.2, 0) is 0 Å². The lowest BCUT2D eigenvalue weighted by atomic mass is 10.1. The zero-order chi connectivity index (χ0) is 10.8. The summed E-state index contributed by atoms with van der Waals surface area (Å²) in [6, 6.07) is 7.82. The van der Waals surface area contributed by atoms with Gasteiger partial charge in [-0.05, 0) is 47.1 Å². The highest BCUT2D eigenvalue weighted by atomic mass is 79.9. The van der Waals surface area contributed by atoms with Crippen LogP contribution < -0.4 is 4.74 Å². The minimum absolute atomic E-state index is 0.849. The third-order valence-corrected chi connectivity index (χ3v) is 3.21. The lowest BCUT2D eigenvalue weighted by molar-refractivity contribution is 0.415. The summed E-state index contributed by atoms with van der Waals surface area (Å²) in [6.07, 6.45) is 0. The van der Waals surface area contributed by atoms with Crippen LogP contribution in [0.1, 0.15) is 5.69 Å². The molecule has 0 saturated carbocycles. The van der Waals surface area contributed by atoms with Gasteiger partial charge in [-0.15, -0.1) is 0 Å². The van der Waals surface area contributed by atoms with Crippen LogP contribution in [0.5, 0.6) is 5.75 Å². The van der Waals surface area contributed by atoms with Gasteiger partial charge in [-0.1, -0.05) is 0 Å². The Balaban J connectivity index is 2.41. The molecule has 0 bridgehead atoms. The third-order valence-electron chi connectivity index (χ3n) is 2.24. The quantitative estimate of drug-likeness (QED) is 0.907. The number of H-pyrrole nitrogens is 1. The van der Waals surface area contributed by atoms with Gasteiger partial charge in [-0.25, -0.2) is 0 Å². The smallest absolute Gasteiger partial charge is 0.118 e. The summed E-state index contributed by atoms with van der Waals surface area (Å²) in [5.74, 6) is 0.849. The second kappa shape index (κ2) is 4.06. The predicted octanol–water partition coefficient (Wildman–Crippen LogP) is 3.16. The summed E-state index contributed by atoms with van der Waals surface area (Å²) in [5, 5.41) is 7.16. The fraction of sp³-hybridized carbons (Fsp3) is 0.182. The van der Waals surface area contributed by atoms with Gasteiger partial charge in [0.2, 0.25) is 0 Å². The van der Waals surface area contributed by atoms with Gasteiger partial charge in [0.1, 0.15) is 11.4 Å². The molecule has 4 heteroatoms.